The van der Waals surface area contributed by atoms with Gasteiger partial charge in [-0.25, -0.2) is 0 Å². The number of carbonyl (C=O) groups is 2. The van der Waals surface area contributed by atoms with Crippen molar-refractivity contribution in [2.24, 2.45) is 0 Å². The van der Waals surface area contributed by atoms with Crippen LogP contribution in [0.25, 0.3) is 0 Å². The highest BCUT2D eigenvalue weighted by atomic mass is 16.6. The van der Waals surface area contributed by atoms with Crippen molar-refractivity contribution < 1.29 is 52.2 Å². The maximum absolute atomic E-state index is 11.9. The fourth-order valence-corrected chi connectivity index (χ4v) is 4.61. The van der Waals surface area contributed by atoms with Crippen LogP contribution >= 0.6 is 0 Å². The standard InChI is InChI=1S/C36H70O11/c1-3-4-5-6-7-8-9-10-11-12-13-14-15-16-17-18-36(38)47-34-33-46-32-31-45-30-29-44-28-27-43-26-25-42-24-23-41-22-21-40-20-19-35(37)39-2/h3-34H2,1-2H3. The van der Waals surface area contributed by atoms with Crippen molar-refractivity contribution in [3.8, 4) is 0 Å². The van der Waals surface area contributed by atoms with Crippen LogP contribution in [0.5, 0.6) is 0 Å². The molecule has 0 aliphatic heterocycles. The first kappa shape index (κ1) is 45.7. The van der Waals surface area contributed by atoms with Gasteiger partial charge >= 0.3 is 11.9 Å². The molecule has 0 aliphatic carbocycles. The topological polar surface area (TPSA) is 117 Å². The largest absolute Gasteiger partial charge is 0.469 e. The Kier molecular flexibility index (Phi) is 39.7. The number of carbonyl (C=O) groups excluding carboxylic acids is 2. The monoisotopic (exact) mass is 678 g/mol. The lowest BCUT2D eigenvalue weighted by atomic mass is 10.0. The van der Waals surface area contributed by atoms with E-state index in [4.69, 9.17) is 37.9 Å². The van der Waals surface area contributed by atoms with E-state index in [0.29, 0.717) is 98.9 Å². The minimum Gasteiger partial charge on any atom is -0.469 e. The number of ether oxygens (including phenoxy) is 9. The lowest BCUT2D eigenvalue weighted by Gasteiger charge is -2.09. The van der Waals surface area contributed by atoms with Crippen LogP contribution in [0.2, 0.25) is 0 Å². The van der Waals surface area contributed by atoms with Crippen molar-refractivity contribution in [1.82, 2.24) is 0 Å². The Bertz CT molecular complexity index is 636. The summed E-state index contributed by atoms with van der Waals surface area (Å²) in [6.07, 6.45) is 20.5. The van der Waals surface area contributed by atoms with E-state index >= 15 is 0 Å². The van der Waals surface area contributed by atoms with Gasteiger partial charge in [0.25, 0.3) is 0 Å². The second kappa shape index (κ2) is 40.8. The third-order valence-electron chi connectivity index (χ3n) is 7.39. The molecule has 0 heterocycles. The molecule has 0 rings (SSSR count). The predicted octanol–water partition coefficient (Wildman–Crippen LogP) is 6.47. The molecular formula is C36H70O11. The summed E-state index contributed by atoms with van der Waals surface area (Å²) in [4.78, 5) is 22.8. The molecule has 0 amide bonds. The Balaban J connectivity index is 3.15. The zero-order valence-corrected chi connectivity index (χ0v) is 30.1. The fraction of sp³-hybridized carbons (Fsp3) is 0.944. The van der Waals surface area contributed by atoms with Crippen molar-refractivity contribution in [1.29, 1.82) is 0 Å². The summed E-state index contributed by atoms with van der Waals surface area (Å²) in [5.41, 5.74) is 0. The van der Waals surface area contributed by atoms with E-state index in [1.165, 1.54) is 90.6 Å². The molecule has 0 aromatic rings. The highest BCUT2D eigenvalue weighted by Gasteiger charge is 2.03. The normalized spacial score (nSPS) is 11.3. The van der Waals surface area contributed by atoms with Crippen molar-refractivity contribution >= 4 is 11.9 Å². The first-order valence-electron chi connectivity index (χ1n) is 18.5. The Labute approximate surface area is 286 Å². The van der Waals surface area contributed by atoms with Crippen LogP contribution in [0.1, 0.15) is 116 Å². The van der Waals surface area contributed by atoms with Crippen LogP contribution in [-0.2, 0) is 52.2 Å². The lowest BCUT2D eigenvalue weighted by molar-refractivity contribution is -0.145. The third-order valence-corrected chi connectivity index (χ3v) is 7.39. The second-order valence-electron chi connectivity index (χ2n) is 11.5. The molecule has 0 aliphatic rings. The van der Waals surface area contributed by atoms with E-state index < -0.39 is 0 Å². The van der Waals surface area contributed by atoms with E-state index in [-0.39, 0.29) is 25.0 Å². The van der Waals surface area contributed by atoms with Gasteiger partial charge in [0.15, 0.2) is 0 Å². The van der Waals surface area contributed by atoms with E-state index in [9.17, 15) is 9.59 Å². The number of hydrogen-bond acceptors (Lipinski definition) is 11. The summed E-state index contributed by atoms with van der Waals surface area (Å²) in [6, 6.07) is 0. The Morgan fingerprint density at radius 2 is 0.638 bits per heavy atom. The summed E-state index contributed by atoms with van der Waals surface area (Å²) in [5.74, 6) is -0.417. The van der Waals surface area contributed by atoms with Gasteiger partial charge in [-0.2, -0.15) is 0 Å². The number of hydrogen-bond donors (Lipinski definition) is 0. The average molecular weight is 679 g/mol. The van der Waals surface area contributed by atoms with Crippen LogP contribution in [0.3, 0.4) is 0 Å². The Morgan fingerprint density at radius 1 is 0.340 bits per heavy atom. The van der Waals surface area contributed by atoms with Gasteiger partial charge in [-0.15, -0.1) is 0 Å². The maximum Gasteiger partial charge on any atom is 0.307 e. The highest BCUT2D eigenvalue weighted by molar-refractivity contribution is 5.69. The minimum atomic E-state index is -0.285. The van der Waals surface area contributed by atoms with Crippen molar-refractivity contribution in [3.05, 3.63) is 0 Å². The summed E-state index contributed by atoms with van der Waals surface area (Å²) in [6.45, 7) is 8.95. The van der Waals surface area contributed by atoms with Crippen LogP contribution in [0.15, 0.2) is 0 Å². The predicted molar refractivity (Wildman–Crippen MR) is 183 cm³/mol. The van der Waals surface area contributed by atoms with Gasteiger partial charge in [0.2, 0.25) is 0 Å². The molecule has 0 aromatic heterocycles. The van der Waals surface area contributed by atoms with Crippen LogP contribution in [0, 0.1) is 0 Å². The third kappa shape index (κ3) is 40.7. The van der Waals surface area contributed by atoms with Gasteiger partial charge in [-0.05, 0) is 6.42 Å². The molecule has 0 unspecified atom stereocenters. The zero-order valence-electron chi connectivity index (χ0n) is 30.1. The molecule has 11 heteroatoms. The van der Waals surface area contributed by atoms with E-state index in [1.807, 2.05) is 0 Å². The molecule has 0 fully saturated rings. The van der Waals surface area contributed by atoms with Crippen LogP contribution in [-0.4, -0.2) is 118 Å². The SMILES string of the molecule is CCCCCCCCCCCCCCCCCC(=O)OCCOCCOCCOCCOCCOCCOCCOCCC(=O)OC. The lowest BCUT2D eigenvalue weighted by Crippen LogP contribution is -2.15. The molecule has 0 radical (unpaired) electrons. The van der Waals surface area contributed by atoms with Gasteiger partial charge in [0.05, 0.1) is 106 Å². The number of unbranched alkanes of at least 4 members (excludes halogenated alkanes) is 14. The Hall–Kier alpha value is -1.34. The molecule has 11 nitrogen and oxygen atoms in total. The van der Waals surface area contributed by atoms with Crippen molar-refractivity contribution in [2.45, 2.75) is 116 Å². The Morgan fingerprint density at radius 3 is 0.979 bits per heavy atom. The molecule has 0 bridgehead atoms. The first-order chi connectivity index (χ1) is 23.2. The van der Waals surface area contributed by atoms with E-state index in [2.05, 4.69) is 11.7 Å². The van der Waals surface area contributed by atoms with E-state index in [0.717, 1.165) is 12.8 Å². The van der Waals surface area contributed by atoms with Crippen molar-refractivity contribution in [3.63, 3.8) is 0 Å². The molecule has 0 saturated heterocycles. The molecule has 0 atom stereocenters. The molecule has 280 valence electrons. The quantitative estimate of drug-likeness (QED) is 0.0524. The fourth-order valence-electron chi connectivity index (χ4n) is 4.61. The van der Waals surface area contributed by atoms with Crippen molar-refractivity contribution in [2.75, 3.05) is 106 Å². The van der Waals surface area contributed by atoms with Gasteiger partial charge in [0, 0.05) is 6.42 Å². The molecule has 0 spiro atoms. The maximum atomic E-state index is 11.9. The van der Waals surface area contributed by atoms with Crippen LogP contribution < -0.4 is 0 Å². The van der Waals surface area contributed by atoms with Crippen LogP contribution in [0.4, 0.5) is 0 Å². The molecular weight excluding hydrogens is 608 g/mol. The van der Waals surface area contributed by atoms with Gasteiger partial charge in [0.1, 0.15) is 6.61 Å². The van der Waals surface area contributed by atoms with E-state index in [1.54, 1.807) is 0 Å². The molecule has 47 heavy (non-hydrogen) atoms. The zero-order chi connectivity index (χ0) is 34.1. The summed E-state index contributed by atoms with van der Waals surface area (Å²) in [5, 5.41) is 0. The summed E-state index contributed by atoms with van der Waals surface area (Å²) in [7, 11) is 1.35. The second-order valence-corrected chi connectivity index (χ2v) is 11.5. The highest BCUT2D eigenvalue weighted by Crippen LogP contribution is 2.13. The number of rotatable bonds is 40. The number of methoxy groups -OCH3 is 1. The average Bonchev–Trinajstić information content (AvgIpc) is 3.08. The van der Waals surface area contributed by atoms with Gasteiger partial charge in [-0.1, -0.05) is 96.8 Å². The minimum absolute atomic E-state index is 0.133. The van der Waals surface area contributed by atoms with Gasteiger partial charge in [-0.3, -0.25) is 9.59 Å². The smallest absolute Gasteiger partial charge is 0.307 e. The molecule has 0 aromatic carbocycles. The molecule has 0 saturated carbocycles. The number of esters is 2. The first-order valence-corrected chi connectivity index (χ1v) is 18.5. The van der Waals surface area contributed by atoms with Gasteiger partial charge < -0.3 is 42.6 Å². The molecule has 0 N–H and O–H groups in total. The summed E-state index contributed by atoms with van der Waals surface area (Å²) < 4.78 is 47.7. The summed E-state index contributed by atoms with van der Waals surface area (Å²) >= 11 is 0.